The molecule has 0 fully saturated rings. The third-order valence-electron chi connectivity index (χ3n) is 5.85. The Labute approximate surface area is 246 Å². The SMILES string of the molecule is C=CCCOC(=O)c1ccccc1-c1ccccc1.O=C(OCCC(Cl)CCl)c1ccccc1-c1ccccc1. The fraction of sp³-hybridized carbons (Fsp3) is 0.176. The second-order valence-electron chi connectivity index (χ2n) is 8.71. The van der Waals surface area contributed by atoms with Crippen molar-refractivity contribution in [3.05, 3.63) is 133 Å². The molecule has 0 bridgehead atoms. The van der Waals surface area contributed by atoms with Crippen molar-refractivity contribution in [1.29, 1.82) is 0 Å². The number of esters is 2. The van der Waals surface area contributed by atoms with Crippen LogP contribution in [0.1, 0.15) is 33.6 Å². The van der Waals surface area contributed by atoms with E-state index in [1.54, 1.807) is 18.2 Å². The predicted molar refractivity (Wildman–Crippen MR) is 164 cm³/mol. The van der Waals surface area contributed by atoms with E-state index < -0.39 is 0 Å². The van der Waals surface area contributed by atoms with Crippen LogP contribution in [0.25, 0.3) is 22.3 Å². The van der Waals surface area contributed by atoms with Gasteiger partial charge < -0.3 is 9.47 Å². The lowest BCUT2D eigenvalue weighted by atomic mass is 10.00. The number of hydrogen-bond donors (Lipinski definition) is 0. The van der Waals surface area contributed by atoms with E-state index in [1.165, 1.54) is 0 Å². The van der Waals surface area contributed by atoms with Gasteiger partial charge in [-0.3, -0.25) is 0 Å². The van der Waals surface area contributed by atoms with Crippen molar-refractivity contribution in [1.82, 2.24) is 0 Å². The first-order valence-electron chi connectivity index (χ1n) is 13.0. The zero-order chi connectivity index (χ0) is 28.6. The summed E-state index contributed by atoms with van der Waals surface area (Å²) in [6, 6.07) is 34.5. The molecular weight excluding hydrogens is 543 g/mol. The lowest BCUT2D eigenvalue weighted by Crippen LogP contribution is -2.12. The smallest absolute Gasteiger partial charge is 0.338 e. The van der Waals surface area contributed by atoms with Gasteiger partial charge in [0, 0.05) is 5.88 Å². The fourth-order valence-electron chi connectivity index (χ4n) is 3.81. The number of hydrogen-bond acceptors (Lipinski definition) is 4. The number of ether oxygens (including phenoxy) is 2. The summed E-state index contributed by atoms with van der Waals surface area (Å²) >= 11 is 11.5. The Hall–Kier alpha value is -3.86. The summed E-state index contributed by atoms with van der Waals surface area (Å²) in [5.41, 5.74) is 4.91. The van der Waals surface area contributed by atoms with E-state index in [1.807, 2.05) is 97.1 Å². The molecule has 0 spiro atoms. The summed E-state index contributed by atoms with van der Waals surface area (Å²) < 4.78 is 10.5. The Morgan fingerprint density at radius 1 is 0.675 bits per heavy atom. The average molecular weight is 576 g/mol. The quantitative estimate of drug-likeness (QED) is 0.0776. The van der Waals surface area contributed by atoms with Gasteiger partial charge in [-0.15, -0.1) is 29.8 Å². The summed E-state index contributed by atoms with van der Waals surface area (Å²) in [6.07, 6.45) is 2.94. The van der Waals surface area contributed by atoms with Crippen LogP contribution in [0, 0.1) is 0 Å². The molecule has 0 aliphatic rings. The van der Waals surface area contributed by atoms with E-state index in [4.69, 9.17) is 32.7 Å². The molecule has 6 heteroatoms. The molecule has 0 aliphatic carbocycles. The van der Waals surface area contributed by atoms with Gasteiger partial charge in [0.05, 0.1) is 29.7 Å². The van der Waals surface area contributed by atoms with Crippen LogP contribution in [-0.2, 0) is 9.47 Å². The Kier molecular flexibility index (Phi) is 13.0. The van der Waals surface area contributed by atoms with Crippen molar-refractivity contribution in [2.75, 3.05) is 19.1 Å². The molecule has 0 aromatic heterocycles. The van der Waals surface area contributed by atoms with E-state index in [9.17, 15) is 9.59 Å². The van der Waals surface area contributed by atoms with Crippen molar-refractivity contribution in [3.8, 4) is 22.3 Å². The molecule has 4 aromatic carbocycles. The maximum Gasteiger partial charge on any atom is 0.338 e. The van der Waals surface area contributed by atoms with Gasteiger partial charge in [0.1, 0.15) is 0 Å². The number of carbonyl (C=O) groups excluding carboxylic acids is 2. The first kappa shape index (κ1) is 30.7. The minimum absolute atomic E-state index is 0.177. The van der Waals surface area contributed by atoms with Crippen molar-refractivity contribution in [3.63, 3.8) is 0 Å². The maximum absolute atomic E-state index is 12.2. The van der Waals surface area contributed by atoms with Crippen LogP contribution in [0.3, 0.4) is 0 Å². The molecule has 0 radical (unpaired) electrons. The third kappa shape index (κ3) is 9.41. The summed E-state index contributed by atoms with van der Waals surface area (Å²) in [5, 5.41) is -0.177. The topological polar surface area (TPSA) is 52.6 Å². The van der Waals surface area contributed by atoms with Gasteiger partial charge in [0.15, 0.2) is 0 Å². The summed E-state index contributed by atoms with van der Waals surface area (Å²) in [6.45, 7) is 4.24. The van der Waals surface area contributed by atoms with Gasteiger partial charge in [-0.2, -0.15) is 0 Å². The van der Waals surface area contributed by atoms with Gasteiger partial charge >= 0.3 is 11.9 Å². The van der Waals surface area contributed by atoms with Crippen LogP contribution in [0.15, 0.2) is 122 Å². The van der Waals surface area contributed by atoms with Crippen LogP contribution in [0.2, 0.25) is 0 Å². The second kappa shape index (κ2) is 17.0. The highest BCUT2D eigenvalue weighted by Crippen LogP contribution is 2.25. The molecule has 0 amide bonds. The number of benzene rings is 4. The molecule has 0 N–H and O–H groups in total. The normalized spacial score (nSPS) is 10.9. The van der Waals surface area contributed by atoms with E-state index in [0.717, 1.165) is 22.3 Å². The van der Waals surface area contributed by atoms with E-state index in [0.29, 0.717) is 36.5 Å². The summed E-state index contributed by atoms with van der Waals surface area (Å²) in [7, 11) is 0. The Balaban J connectivity index is 0.000000222. The second-order valence-corrected chi connectivity index (χ2v) is 9.64. The number of halogens is 2. The molecule has 0 aliphatic heterocycles. The van der Waals surface area contributed by atoms with Crippen molar-refractivity contribution < 1.29 is 19.1 Å². The zero-order valence-corrected chi connectivity index (χ0v) is 23.7. The van der Waals surface area contributed by atoms with Gasteiger partial charge in [0.2, 0.25) is 0 Å². The standard InChI is InChI=1S/C17H16Cl2O2.C17H16O2/c18-12-14(19)10-11-21-17(20)16-9-5-4-8-15(16)13-6-2-1-3-7-13;1-2-3-13-19-17(18)16-12-8-7-11-15(16)14-9-5-4-6-10-14/h1-9,14H,10-12H2;2,4-12H,1,3,13H2. The Morgan fingerprint density at radius 2 is 1.10 bits per heavy atom. The first-order chi connectivity index (χ1) is 19.5. The molecule has 206 valence electrons. The van der Waals surface area contributed by atoms with Crippen LogP contribution in [0.4, 0.5) is 0 Å². The highest BCUT2D eigenvalue weighted by molar-refractivity contribution is 6.28. The maximum atomic E-state index is 12.2. The molecule has 4 nitrogen and oxygen atoms in total. The monoisotopic (exact) mass is 574 g/mol. The average Bonchev–Trinajstić information content (AvgIpc) is 3.02. The van der Waals surface area contributed by atoms with Crippen molar-refractivity contribution in [2.45, 2.75) is 18.2 Å². The molecule has 4 aromatic rings. The molecule has 0 saturated heterocycles. The fourth-order valence-corrected chi connectivity index (χ4v) is 4.05. The lowest BCUT2D eigenvalue weighted by Gasteiger charge is -2.10. The van der Waals surface area contributed by atoms with Gasteiger partial charge in [-0.25, -0.2) is 9.59 Å². The Morgan fingerprint density at radius 3 is 1.55 bits per heavy atom. The van der Waals surface area contributed by atoms with E-state index in [-0.39, 0.29) is 23.9 Å². The molecule has 40 heavy (non-hydrogen) atoms. The summed E-state index contributed by atoms with van der Waals surface area (Å²) in [5.74, 6) is -0.283. The third-order valence-corrected chi connectivity index (χ3v) is 6.75. The van der Waals surface area contributed by atoms with Crippen LogP contribution < -0.4 is 0 Å². The minimum Gasteiger partial charge on any atom is -0.462 e. The van der Waals surface area contributed by atoms with Gasteiger partial charge in [-0.05, 0) is 47.2 Å². The predicted octanol–water partition coefficient (Wildman–Crippen LogP) is 8.83. The number of alkyl halides is 2. The number of rotatable bonds is 11. The number of carbonyl (C=O) groups is 2. The molecule has 1 atom stereocenters. The highest BCUT2D eigenvalue weighted by atomic mass is 35.5. The Bertz CT molecular complexity index is 1360. The molecule has 0 saturated carbocycles. The molecule has 0 heterocycles. The van der Waals surface area contributed by atoms with Gasteiger partial charge in [0.25, 0.3) is 0 Å². The van der Waals surface area contributed by atoms with E-state index in [2.05, 4.69) is 6.58 Å². The lowest BCUT2D eigenvalue weighted by molar-refractivity contribution is 0.0496. The van der Waals surface area contributed by atoms with Crippen LogP contribution >= 0.6 is 23.2 Å². The van der Waals surface area contributed by atoms with E-state index >= 15 is 0 Å². The molecular formula is C34H32Cl2O4. The van der Waals surface area contributed by atoms with Crippen LogP contribution in [-0.4, -0.2) is 36.4 Å². The van der Waals surface area contributed by atoms with Crippen molar-refractivity contribution >= 4 is 35.1 Å². The first-order valence-corrected chi connectivity index (χ1v) is 14.0. The largest absolute Gasteiger partial charge is 0.462 e. The molecule has 1 unspecified atom stereocenters. The summed E-state index contributed by atoms with van der Waals surface area (Å²) in [4.78, 5) is 24.3. The molecule has 4 rings (SSSR count). The van der Waals surface area contributed by atoms with Crippen LogP contribution in [0.5, 0.6) is 0 Å². The van der Waals surface area contributed by atoms with Gasteiger partial charge in [-0.1, -0.05) is 103 Å². The minimum atomic E-state index is -0.340. The van der Waals surface area contributed by atoms with Crippen molar-refractivity contribution in [2.24, 2.45) is 0 Å². The highest BCUT2D eigenvalue weighted by Gasteiger charge is 2.15. The zero-order valence-electron chi connectivity index (χ0n) is 22.2.